The van der Waals surface area contributed by atoms with Crippen LogP contribution in [0, 0.1) is 0 Å². The van der Waals surface area contributed by atoms with Gasteiger partial charge in [-0.05, 0) is 38.1 Å². The number of piperidine rings is 1. The molecule has 21 heavy (non-hydrogen) atoms. The van der Waals surface area contributed by atoms with Gasteiger partial charge in [-0.2, -0.15) is 13.2 Å². The van der Waals surface area contributed by atoms with Crippen LogP contribution in [0.4, 0.5) is 19.0 Å². The van der Waals surface area contributed by atoms with Gasteiger partial charge in [0.1, 0.15) is 11.5 Å². The van der Waals surface area contributed by atoms with E-state index in [1.54, 1.807) is 0 Å². The van der Waals surface area contributed by atoms with Crippen LogP contribution in [-0.2, 0) is 6.18 Å². The van der Waals surface area contributed by atoms with Crippen molar-refractivity contribution in [1.29, 1.82) is 0 Å². The van der Waals surface area contributed by atoms with Crippen molar-refractivity contribution in [2.24, 2.45) is 0 Å². The van der Waals surface area contributed by atoms with Gasteiger partial charge in [-0.3, -0.25) is 0 Å². The lowest BCUT2D eigenvalue weighted by Crippen LogP contribution is -2.39. The zero-order chi connectivity index (χ0) is 15.3. The van der Waals surface area contributed by atoms with Gasteiger partial charge in [0.05, 0.1) is 6.10 Å². The maximum absolute atomic E-state index is 12.5. The minimum Gasteiger partial charge on any atom is -0.390 e. The Kier molecular flexibility index (Phi) is 5.41. The average molecular weight is 303 g/mol. The molecule has 0 saturated carbocycles. The molecule has 1 saturated heterocycles. The Morgan fingerprint density at radius 2 is 1.95 bits per heavy atom. The number of halogens is 3. The average Bonchev–Trinajstić information content (AvgIpc) is 2.46. The summed E-state index contributed by atoms with van der Waals surface area (Å²) < 4.78 is 37.6. The van der Waals surface area contributed by atoms with Gasteiger partial charge in [-0.1, -0.05) is 12.5 Å². The quantitative estimate of drug-likeness (QED) is 0.877. The molecule has 1 aliphatic heterocycles. The summed E-state index contributed by atoms with van der Waals surface area (Å²) in [7, 11) is 0. The molecule has 4 nitrogen and oxygen atoms in total. The molecular formula is C14H20F3N3O. The molecule has 2 heterocycles. The Morgan fingerprint density at radius 1 is 1.24 bits per heavy atom. The van der Waals surface area contributed by atoms with Gasteiger partial charge in [-0.15, -0.1) is 0 Å². The summed E-state index contributed by atoms with van der Waals surface area (Å²) in [5.41, 5.74) is -0.932. The molecule has 0 radical (unpaired) electrons. The van der Waals surface area contributed by atoms with Crippen LogP contribution >= 0.6 is 0 Å². The molecule has 0 amide bonds. The molecule has 1 fully saturated rings. The molecule has 0 aromatic carbocycles. The van der Waals surface area contributed by atoms with E-state index in [0.717, 1.165) is 32.0 Å². The minimum absolute atomic E-state index is 0.127. The molecule has 118 valence electrons. The Labute approximate surface area is 122 Å². The van der Waals surface area contributed by atoms with E-state index < -0.39 is 18.0 Å². The number of hydrogen-bond donors (Lipinski definition) is 2. The SMILES string of the molecule is OC(CNc1cccc(C(F)(F)F)n1)CN1CCCCC1. The molecule has 0 aliphatic carbocycles. The molecule has 7 heteroatoms. The molecular weight excluding hydrogens is 283 g/mol. The molecule has 1 aromatic rings. The van der Waals surface area contributed by atoms with Gasteiger partial charge >= 0.3 is 6.18 Å². The summed E-state index contributed by atoms with van der Waals surface area (Å²) in [5.74, 6) is 0.127. The highest BCUT2D eigenvalue weighted by Gasteiger charge is 2.32. The highest BCUT2D eigenvalue weighted by atomic mass is 19.4. The van der Waals surface area contributed by atoms with E-state index in [4.69, 9.17) is 0 Å². The van der Waals surface area contributed by atoms with Gasteiger partial charge in [0.25, 0.3) is 0 Å². The number of likely N-dealkylation sites (tertiary alicyclic amines) is 1. The lowest BCUT2D eigenvalue weighted by Gasteiger charge is -2.28. The van der Waals surface area contributed by atoms with Gasteiger partial charge in [0, 0.05) is 13.1 Å². The number of rotatable bonds is 5. The maximum Gasteiger partial charge on any atom is 0.433 e. The Morgan fingerprint density at radius 3 is 2.62 bits per heavy atom. The van der Waals surface area contributed by atoms with Crippen LogP contribution in [-0.4, -0.2) is 47.3 Å². The van der Waals surface area contributed by atoms with Crippen LogP contribution in [0.25, 0.3) is 0 Å². The summed E-state index contributed by atoms with van der Waals surface area (Å²) in [5, 5.41) is 12.7. The fourth-order valence-corrected chi connectivity index (χ4v) is 2.42. The normalized spacial score (nSPS) is 18.5. The summed E-state index contributed by atoms with van der Waals surface area (Å²) in [6.45, 7) is 2.66. The van der Waals surface area contributed by atoms with Crippen molar-refractivity contribution in [3.05, 3.63) is 23.9 Å². The van der Waals surface area contributed by atoms with Crippen LogP contribution in [0.3, 0.4) is 0 Å². The third-order valence-corrected chi connectivity index (χ3v) is 3.48. The summed E-state index contributed by atoms with van der Waals surface area (Å²) >= 11 is 0. The third kappa shape index (κ3) is 5.17. The lowest BCUT2D eigenvalue weighted by molar-refractivity contribution is -0.141. The van der Waals surface area contributed by atoms with E-state index in [2.05, 4.69) is 15.2 Å². The Bertz CT molecular complexity index is 447. The zero-order valence-electron chi connectivity index (χ0n) is 11.7. The number of aliphatic hydroxyl groups excluding tert-OH is 1. The molecule has 1 aromatic heterocycles. The molecule has 0 bridgehead atoms. The predicted molar refractivity (Wildman–Crippen MR) is 74.0 cm³/mol. The molecule has 2 rings (SSSR count). The number of hydrogen-bond acceptors (Lipinski definition) is 4. The first kappa shape index (κ1) is 16.0. The van der Waals surface area contributed by atoms with Crippen LogP contribution in [0.5, 0.6) is 0 Å². The standard InChI is InChI=1S/C14H20F3N3O/c15-14(16,17)12-5-4-6-13(19-12)18-9-11(21)10-20-7-2-1-3-8-20/h4-6,11,21H,1-3,7-10H2,(H,18,19). The van der Waals surface area contributed by atoms with Crippen molar-refractivity contribution >= 4 is 5.82 Å². The molecule has 0 spiro atoms. The van der Waals surface area contributed by atoms with Crippen molar-refractivity contribution in [3.8, 4) is 0 Å². The number of pyridine rings is 1. The number of β-amino-alcohol motifs (C(OH)–C–C–N with tert-alkyl or cyclic N) is 1. The molecule has 1 aliphatic rings. The monoisotopic (exact) mass is 303 g/mol. The second kappa shape index (κ2) is 7.09. The van der Waals surface area contributed by atoms with E-state index >= 15 is 0 Å². The van der Waals surface area contributed by atoms with E-state index in [0.29, 0.717) is 6.54 Å². The summed E-state index contributed by atoms with van der Waals surface area (Å²) in [4.78, 5) is 5.68. The van der Waals surface area contributed by atoms with Crippen molar-refractivity contribution in [2.45, 2.75) is 31.5 Å². The lowest BCUT2D eigenvalue weighted by atomic mass is 10.1. The van der Waals surface area contributed by atoms with Gasteiger partial charge in [0.2, 0.25) is 0 Å². The number of alkyl halides is 3. The number of nitrogens with one attached hydrogen (secondary N) is 1. The van der Waals surface area contributed by atoms with Crippen LogP contribution < -0.4 is 5.32 Å². The first-order valence-corrected chi connectivity index (χ1v) is 7.14. The third-order valence-electron chi connectivity index (χ3n) is 3.48. The Balaban J connectivity index is 1.82. The van der Waals surface area contributed by atoms with Crippen molar-refractivity contribution in [2.75, 3.05) is 31.5 Å². The highest BCUT2D eigenvalue weighted by Crippen LogP contribution is 2.28. The maximum atomic E-state index is 12.5. The Hall–Kier alpha value is -1.34. The molecule has 1 unspecified atom stereocenters. The van der Waals surface area contributed by atoms with Gasteiger partial charge in [0.15, 0.2) is 0 Å². The van der Waals surface area contributed by atoms with Gasteiger partial charge in [-0.25, -0.2) is 4.98 Å². The van der Waals surface area contributed by atoms with Crippen molar-refractivity contribution in [1.82, 2.24) is 9.88 Å². The van der Waals surface area contributed by atoms with E-state index in [1.807, 2.05) is 0 Å². The molecule has 1 atom stereocenters. The first-order chi connectivity index (χ1) is 9.95. The summed E-state index contributed by atoms with van der Waals surface area (Å²) in [6, 6.07) is 3.69. The second-order valence-electron chi connectivity index (χ2n) is 5.30. The minimum atomic E-state index is -4.45. The van der Waals surface area contributed by atoms with E-state index in [1.165, 1.54) is 18.6 Å². The van der Waals surface area contributed by atoms with Gasteiger partial charge < -0.3 is 15.3 Å². The van der Waals surface area contributed by atoms with Crippen molar-refractivity contribution < 1.29 is 18.3 Å². The topological polar surface area (TPSA) is 48.4 Å². The largest absolute Gasteiger partial charge is 0.433 e. The fraction of sp³-hybridized carbons (Fsp3) is 0.643. The zero-order valence-corrected chi connectivity index (χ0v) is 11.7. The predicted octanol–water partition coefficient (Wildman–Crippen LogP) is 2.36. The van der Waals surface area contributed by atoms with Crippen LogP contribution in [0.1, 0.15) is 25.0 Å². The summed E-state index contributed by atoms with van der Waals surface area (Å²) in [6.07, 6.45) is -1.59. The van der Waals surface area contributed by atoms with Crippen LogP contribution in [0.2, 0.25) is 0 Å². The number of anilines is 1. The number of aromatic nitrogens is 1. The van der Waals surface area contributed by atoms with E-state index in [-0.39, 0.29) is 12.4 Å². The van der Waals surface area contributed by atoms with Crippen LogP contribution in [0.15, 0.2) is 18.2 Å². The highest BCUT2D eigenvalue weighted by molar-refractivity contribution is 5.36. The van der Waals surface area contributed by atoms with Crippen molar-refractivity contribution in [3.63, 3.8) is 0 Å². The smallest absolute Gasteiger partial charge is 0.390 e. The second-order valence-corrected chi connectivity index (χ2v) is 5.30. The first-order valence-electron chi connectivity index (χ1n) is 7.14. The van der Waals surface area contributed by atoms with E-state index in [9.17, 15) is 18.3 Å². The number of aliphatic hydroxyl groups is 1. The number of nitrogens with zero attached hydrogens (tertiary/aromatic N) is 2. The fourth-order valence-electron chi connectivity index (χ4n) is 2.42. The molecule has 2 N–H and O–H groups in total.